The Kier molecular flexibility index (Phi) is 6.57. The molecule has 3 aromatic rings. The highest BCUT2D eigenvalue weighted by molar-refractivity contribution is 9.10. The Bertz CT molecular complexity index is 1200. The minimum atomic E-state index is -0.788. The minimum absolute atomic E-state index is 0.0678. The molecule has 1 N–H and O–H groups in total. The first-order valence-corrected chi connectivity index (χ1v) is 11.1. The molecule has 162 valence electrons. The van der Waals surface area contributed by atoms with Crippen LogP contribution in [0.15, 0.2) is 50.1 Å². The molecule has 1 aliphatic carbocycles. The van der Waals surface area contributed by atoms with Crippen LogP contribution in [0.1, 0.15) is 12.8 Å². The van der Waals surface area contributed by atoms with Gasteiger partial charge in [-0.3, -0.25) is 9.59 Å². The maximum Gasteiger partial charge on any atom is 0.306 e. The summed E-state index contributed by atoms with van der Waals surface area (Å²) in [7, 11) is 0. The molecule has 0 spiro atoms. The Morgan fingerprint density at radius 3 is 2.68 bits per heavy atom. The summed E-state index contributed by atoms with van der Waals surface area (Å²) in [6, 6.07) is 9.70. The molecule has 1 heterocycles. The number of hydrogen-bond acceptors (Lipinski definition) is 5. The van der Waals surface area contributed by atoms with E-state index in [1.54, 1.807) is 30.3 Å². The van der Waals surface area contributed by atoms with Crippen molar-refractivity contribution in [2.45, 2.75) is 18.9 Å². The van der Waals surface area contributed by atoms with Crippen molar-refractivity contribution < 1.29 is 23.8 Å². The first-order valence-electron chi connectivity index (χ1n) is 9.52. The molecule has 0 unspecified atom stereocenters. The predicted octanol–water partition coefficient (Wildman–Crippen LogP) is 5.79. The molecule has 1 aliphatic rings. The molecule has 0 bridgehead atoms. The van der Waals surface area contributed by atoms with E-state index in [0.717, 1.165) is 0 Å². The number of fused-ring (bicyclic) bond motifs is 1. The first kappa shape index (κ1) is 22.1. The van der Waals surface area contributed by atoms with Crippen LogP contribution >= 0.6 is 39.1 Å². The maximum atomic E-state index is 12.6. The molecule has 1 aromatic heterocycles. The summed E-state index contributed by atoms with van der Waals surface area (Å²) in [5, 5.41) is 10.1. The predicted molar refractivity (Wildman–Crippen MR) is 121 cm³/mol. The van der Waals surface area contributed by atoms with Gasteiger partial charge in [-0.2, -0.15) is 0 Å². The van der Waals surface area contributed by atoms with Gasteiger partial charge in [0, 0.05) is 10.5 Å². The number of carboxylic acids is 1. The van der Waals surface area contributed by atoms with Gasteiger partial charge in [-0.05, 0) is 53.0 Å². The molecule has 9 heteroatoms. The Balaban J connectivity index is 1.54. The number of ether oxygens (including phenoxy) is 2. The van der Waals surface area contributed by atoms with Crippen LogP contribution in [0.5, 0.6) is 5.75 Å². The third kappa shape index (κ3) is 4.75. The lowest BCUT2D eigenvalue weighted by atomic mass is 9.82. The van der Waals surface area contributed by atoms with Crippen molar-refractivity contribution in [3.63, 3.8) is 0 Å². The number of aliphatic carboxylic acids is 1. The van der Waals surface area contributed by atoms with E-state index in [2.05, 4.69) is 15.9 Å². The fourth-order valence-electron chi connectivity index (χ4n) is 3.39. The summed E-state index contributed by atoms with van der Waals surface area (Å²) in [6.45, 7) is 0.526. The fraction of sp³-hybridized carbons (Fsp3) is 0.273. The summed E-state index contributed by atoms with van der Waals surface area (Å²) in [6.07, 6.45) is 0.952. The molecule has 0 radical (unpaired) electrons. The van der Waals surface area contributed by atoms with Crippen LogP contribution in [-0.4, -0.2) is 30.4 Å². The van der Waals surface area contributed by atoms with Gasteiger partial charge in [0.25, 0.3) is 0 Å². The van der Waals surface area contributed by atoms with E-state index in [0.29, 0.717) is 50.7 Å². The number of halogens is 3. The van der Waals surface area contributed by atoms with Crippen LogP contribution in [0.4, 0.5) is 0 Å². The number of para-hydroxylation sites is 1. The lowest BCUT2D eigenvalue weighted by Crippen LogP contribution is -2.37. The van der Waals surface area contributed by atoms with E-state index in [-0.39, 0.29) is 35.4 Å². The number of rotatable bonds is 7. The Morgan fingerprint density at radius 1 is 1.16 bits per heavy atom. The molecular weight excluding hydrogens is 511 g/mol. The SMILES string of the molecule is O=C(O)C1CC(OCCOc2cc(Br)c(Cl)cc2-c2cc(=O)c3cccc(Cl)c3o2)C1. The lowest BCUT2D eigenvalue weighted by Gasteiger charge is -2.32. The largest absolute Gasteiger partial charge is 0.490 e. The van der Waals surface area contributed by atoms with Crippen molar-refractivity contribution in [1.29, 1.82) is 0 Å². The normalized spacial score (nSPS) is 18.0. The van der Waals surface area contributed by atoms with Crippen LogP contribution in [-0.2, 0) is 9.53 Å². The van der Waals surface area contributed by atoms with Crippen molar-refractivity contribution in [3.8, 4) is 17.1 Å². The zero-order valence-corrected chi connectivity index (χ0v) is 19.2. The van der Waals surface area contributed by atoms with Gasteiger partial charge in [-0.15, -0.1) is 0 Å². The van der Waals surface area contributed by atoms with Gasteiger partial charge in [0.15, 0.2) is 11.0 Å². The molecule has 31 heavy (non-hydrogen) atoms. The van der Waals surface area contributed by atoms with Crippen molar-refractivity contribution in [3.05, 3.63) is 61.1 Å². The molecule has 6 nitrogen and oxygen atoms in total. The smallest absolute Gasteiger partial charge is 0.306 e. The Morgan fingerprint density at radius 2 is 1.94 bits per heavy atom. The summed E-state index contributed by atoms with van der Waals surface area (Å²) in [4.78, 5) is 23.4. The third-order valence-electron chi connectivity index (χ3n) is 5.13. The second-order valence-electron chi connectivity index (χ2n) is 7.20. The topological polar surface area (TPSA) is 86.0 Å². The highest BCUT2D eigenvalue weighted by atomic mass is 79.9. The van der Waals surface area contributed by atoms with Crippen LogP contribution < -0.4 is 10.2 Å². The highest BCUT2D eigenvalue weighted by Crippen LogP contribution is 2.38. The molecule has 1 fully saturated rings. The van der Waals surface area contributed by atoms with E-state index in [1.165, 1.54) is 6.07 Å². The molecule has 0 aliphatic heterocycles. The van der Waals surface area contributed by atoms with Crippen molar-refractivity contribution in [2.24, 2.45) is 5.92 Å². The van der Waals surface area contributed by atoms with Gasteiger partial charge in [0.2, 0.25) is 0 Å². The zero-order valence-electron chi connectivity index (χ0n) is 16.1. The fourth-order valence-corrected chi connectivity index (χ4v) is 4.09. The van der Waals surface area contributed by atoms with Gasteiger partial charge in [0.05, 0.1) is 39.6 Å². The summed E-state index contributed by atoms with van der Waals surface area (Å²) in [5.74, 6) is -0.387. The van der Waals surface area contributed by atoms with Crippen molar-refractivity contribution in [1.82, 2.24) is 0 Å². The first-order chi connectivity index (χ1) is 14.8. The Labute approximate surface area is 195 Å². The summed E-state index contributed by atoms with van der Waals surface area (Å²) < 4.78 is 18.1. The number of carbonyl (C=O) groups is 1. The van der Waals surface area contributed by atoms with Crippen LogP contribution in [0, 0.1) is 5.92 Å². The van der Waals surface area contributed by atoms with E-state index in [9.17, 15) is 9.59 Å². The Hall–Kier alpha value is -2.06. The van der Waals surface area contributed by atoms with Crippen LogP contribution in [0.2, 0.25) is 10.0 Å². The average molecular weight is 528 g/mol. The number of benzene rings is 2. The van der Waals surface area contributed by atoms with Gasteiger partial charge in [-0.25, -0.2) is 0 Å². The van der Waals surface area contributed by atoms with E-state index in [4.69, 9.17) is 42.2 Å². The van der Waals surface area contributed by atoms with E-state index >= 15 is 0 Å². The quantitative estimate of drug-likeness (QED) is 0.391. The molecule has 2 aromatic carbocycles. The van der Waals surface area contributed by atoms with E-state index < -0.39 is 5.97 Å². The minimum Gasteiger partial charge on any atom is -0.490 e. The van der Waals surface area contributed by atoms with Crippen molar-refractivity contribution in [2.75, 3.05) is 13.2 Å². The number of hydrogen-bond donors (Lipinski definition) is 1. The third-order valence-corrected chi connectivity index (χ3v) is 6.63. The molecular formula is C22H17BrCl2O6. The van der Waals surface area contributed by atoms with E-state index in [1.807, 2.05) is 0 Å². The summed E-state index contributed by atoms with van der Waals surface area (Å²) >= 11 is 15.9. The molecule has 0 atom stereocenters. The standard InChI is InChI=1S/C22H17BrCl2O6/c23-15-9-19(30-5-4-29-12-6-11(7-12)22(27)28)14(8-17(15)25)20-10-18(26)13-2-1-3-16(24)21(13)31-20/h1-3,8-12H,4-7H2,(H,27,28). The zero-order chi connectivity index (χ0) is 22.1. The van der Waals surface area contributed by atoms with Gasteiger partial charge < -0.3 is 19.0 Å². The van der Waals surface area contributed by atoms with Gasteiger partial charge in [-0.1, -0.05) is 29.3 Å². The van der Waals surface area contributed by atoms with Crippen LogP contribution in [0.3, 0.4) is 0 Å². The molecule has 4 rings (SSSR count). The second kappa shape index (κ2) is 9.20. The average Bonchev–Trinajstić information content (AvgIpc) is 2.69. The van der Waals surface area contributed by atoms with Crippen LogP contribution in [0.25, 0.3) is 22.3 Å². The monoisotopic (exact) mass is 526 g/mol. The van der Waals surface area contributed by atoms with Gasteiger partial charge >= 0.3 is 5.97 Å². The maximum absolute atomic E-state index is 12.6. The number of carboxylic acid groups (broad SMARTS) is 1. The molecule has 0 saturated heterocycles. The molecule has 1 saturated carbocycles. The summed E-state index contributed by atoms with van der Waals surface area (Å²) in [5.41, 5.74) is 0.560. The van der Waals surface area contributed by atoms with Crippen molar-refractivity contribution >= 4 is 56.1 Å². The molecule has 0 amide bonds. The van der Waals surface area contributed by atoms with Gasteiger partial charge in [0.1, 0.15) is 18.1 Å². The lowest BCUT2D eigenvalue weighted by molar-refractivity contribution is -0.151. The second-order valence-corrected chi connectivity index (χ2v) is 8.87. The highest BCUT2D eigenvalue weighted by Gasteiger charge is 2.35.